The zero-order valence-corrected chi connectivity index (χ0v) is 15.0. The van der Waals surface area contributed by atoms with E-state index in [1.54, 1.807) is 44.4 Å². The predicted molar refractivity (Wildman–Crippen MR) is 97.9 cm³/mol. The van der Waals surface area contributed by atoms with E-state index in [1.165, 1.54) is 0 Å². The molecule has 0 unspecified atom stereocenters. The highest BCUT2D eigenvalue weighted by atomic mass is 16.5. The van der Waals surface area contributed by atoms with Crippen LogP contribution in [0.4, 0.5) is 0 Å². The van der Waals surface area contributed by atoms with Gasteiger partial charge in [-0.2, -0.15) is 0 Å². The van der Waals surface area contributed by atoms with E-state index in [-0.39, 0.29) is 18.2 Å². The standard InChI is InChI=1S/C21H20O5/c1-4-14-5-7-15(8-6-14)18(22)12-25-21(23)20-13(2)17-11-16(24-3)9-10-19(17)26-20/h5-11H,4,12H2,1-3H3. The maximum absolute atomic E-state index is 12.3. The smallest absolute Gasteiger partial charge is 0.375 e. The number of carbonyl (C=O) groups excluding carboxylic acids is 2. The van der Waals surface area contributed by atoms with Crippen molar-refractivity contribution in [2.75, 3.05) is 13.7 Å². The zero-order chi connectivity index (χ0) is 18.7. The summed E-state index contributed by atoms with van der Waals surface area (Å²) in [5.74, 6) is -0.137. The SMILES string of the molecule is CCc1ccc(C(=O)COC(=O)c2oc3ccc(OC)cc3c2C)cc1. The van der Waals surface area contributed by atoms with Crippen LogP contribution in [-0.2, 0) is 11.2 Å². The van der Waals surface area contributed by atoms with Crippen LogP contribution in [-0.4, -0.2) is 25.5 Å². The number of rotatable bonds is 6. The van der Waals surface area contributed by atoms with Gasteiger partial charge in [0, 0.05) is 16.5 Å². The molecule has 26 heavy (non-hydrogen) atoms. The molecule has 2 aromatic carbocycles. The molecule has 0 N–H and O–H groups in total. The maximum Gasteiger partial charge on any atom is 0.375 e. The van der Waals surface area contributed by atoms with Crippen LogP contribution in [0.2, 0.25) is 0 Å². The van der Waals surface area contributed by atoms with Crippen LogP contribution in [0.1, 0.15) is 39.0 Å². The Labute approximate surface area is 151 Å². The van der Waals surface area contributed by atoms with Crippen LogP contribution in [0, 0.1) is 6.92 Å². The number of benzene rings is 2. The molecule has 0 spiro atoms. The van der Waals surface area contributed by atoms with Crippen molar-refractivity contribution >= 4 is 22.7 Å². The summed E-state index contributed by atoms with van der Waals surface area (Å²) in [4.78, 5) is 24.5. The number of esters is 1. The first-order valence-electron chi connectivity index (χ1n) is 8.40. The van der Waals surface area contributed by atoms with E-state index < -0.39 is 5.97 Å². The largest absolute Gasteiger partial charge is 0.497 e. The van der Waals surface area contributed by atoms with Gasteiger partial charge in [0.05, 0.1) is 7.11 Å². The molecule has 0 aliphatic rings. The lowest BCUT2D eigenvalue weighted by molar-refractivity contribution is 0.0445. The molecule has 3 rings (SSSR count). The molecule has 0 saturated carbocycles. The first-order valence-corrected chi connectivity index (χ1v) is 8.40. The van der Waals surface area contributed by atoms with Crippen molar-refractivity contribution < 1.29 is 23.5 Å². The first kappa shape index (κ1) is 17.7. The third-order valence-corrected chi connectivity index (χ3v) is 4.35. The Hall–Kier alpha value is -3.08. The summed E-state index contributed by atoms with van der Waals surface area (Å²) in [7, 11) is 1.57. The molecule has 1 heterocycles. The van der Waals surface area contributed by atoms with E-state index in [2.05, 4.69) is 0 Å². The number of ketones is 1. The summed E-state index contributed by atoms with van der Waals surface area (Å²) in [5, 5.41) is 0.776. The molecule has 1 aromatic heterocycles. The van der Waals surface area contributed by atoms with Gasteiger partial charge in [-0.25, -0.2) is 4.79 Å². The lowest BCUT2D eigenvalue weighted by Gasteiger charge is -2.04. The number of hydrogen-bond donors (Lipinski definition) is 0. The van der Waals surface area contributed by atoms with Crippen LogP contribution in [0.3, 0.4) is 0 Å². The van der Waals surface area contributed by atoms with E-state index in [9.17, 15) is 9.59 Å². The third kappa shape index (κ3) is 3.47. The minimum Gasteiger partial charge on any atom is -0.497 e. The van der Waals surface area contributed by atoms with Gasteiger partial charge in [0.25, 0.3) is 0 Å². The Bertz CT molecular complexity index is 950. The molecule has 5 nitrogen and oxygen atoms in total. The Balaban J connectivity index is 1.72. The molecular formula is C21H20O5. The molecule has 0 saturated heterocycles. The monoisotopic (exact) mass is 352 g/mol. The van der Waals surface area contributed by atoms with Gasteiger partial charge in [0.1, 0.15) is 11.3 Å². The number of hydrogen-bond acceptors (Lipinski definition) is 5. The highest BCUT2D eigenvalue weighted by molar-refractivity contribution is 6.00. The average molecular weight is 352 g/mol. The minimum absolute atomic E-state index is 0.0994. The molecule has 0 atom stereocenters. The molecule has 3 aromatic rings. The van der Waals surface area contributed by atoms with E-state index in [1.807, 2.05) is 19.1 Å². The molecular weight excluding hydrogens is 332 g/mol. The topological polar surface area (TPSA) is 65.7 Å². The third-order valence-electron chi connectivity index (χ3n) is 4.35. The summed E-state index contributed by atoms with van der Waals surface area (Å²) in [6.45, 7) is 3.49. The van der Waals surface area contributed by atoms with E-state index in [0.29, 0.717) is 22.5 Å². The number of carbonyl (C=O) groups is 2. The number of methoxy groups -OCH3 is 1. The molecule has 5 heteroatoms. The second kappa shape index (κ2) is 7.44. The fraction of sp³-hybridized carbons (Fsp3) is 0.238. The Kier molecular flexibility index (Phi) is 5.07. The second-order valence-electron chi connectivity index (χ2n) is 5.97. The molecule has 0 fully saturated rings. The number of aryl methyl sites for hydroxylation is 2. The maximum atomic E-state index is 12.3. The number of ether oxygens (including phenoxy) is 2. The van der Waals surface area contributed by atoms with Gasteiger partial charge in [-0.05, 0) is 37.1 Å². The van der Waals surface area contributed by atoms with Crippen LogP contribution in [0.5, 0.6) is 5.75 Å². The molecule has 0 radical (unpaired) electrons. The molecule has 134 valence electrons. The summed E-state index contributed by atoms with van der Waals surface area (Å²) >= 11 is 0. The lowest BCUT2D eigenvalue weighted by Crippen LogP contribution is -2.14. The van der Waals surface area contributed by atoms with Crippen LogP contribution in [0.25, 0.3) is 11.0 Å². The van der Waals surface area contributed by atoms with E-state index in [4.69, 9.17) is 13.9 Å². The minimum atomic E-state index is -0.656. The van der Waals surface area contributed by atoms with Gasteiger partial charge in [-0.3, -0.25) is 4.79 Å². The summed E-state index contributed by atoms with van der Waals surface area (Å²) < 4.78 is 15.9. The molecule has 0 bridgehead atoms. The Morgan fingerprint density at radius 1 is 1.08 bits per heavy atom. The predicted octanol–water partition coefficient (Wildman–Crippen LogP) is 4.35. The average Bonchev–Trinajstić information content (AvgIpc) is 3.02. The van der Waals surface area contributed by atoms with Gasteiger partial charge in [0.15, 0.2) is 12.4 Å². The van der Waals surface area contributed by atoms with Gasteiger partial charge >= 0.3 is 5.97 Å². The zero-order valence-electron chi connectivity index (χ0n) is 15.0. The van der Waals surface area contributed by atoms with Crippen LogP contribution < -0.4 is 4.74 Å². The van der Waals surface area contributed by atoms with Crippen molar-refractivity contribution in [2.24, 2.45) is 0 Å². The molecule has 0 amide bonds. The van der Waals surface area contributed by atoms with Crippen molar-refractivity contribution in [1.82, 2.24) is 0 Å². The highest BCUT2D eigenvalue weighted by Gasteiger charge is 2.20. The van der Waals surface area contributed by atoms with E-state index in [0.717, 1.165) is 17.4 Å². The van der Waals surface area contributed by atoms with Crippen molar-refractivity contribution in [3.05, 3.63) is 64.9 Å². The normalized spacial score (nSPS) is 10.7. The van der Waals surface area contributed by atoms with Crippen molar-refractivity contribution in [1.29, 1.82) is 0 Å². The van der Waals surface area contributed by atoms with Crippen LogP contribution >= 0.6 is 0 Å². The Morgan fingerprint density at radius 3 is 2.46 bits per heavy atom. The summed E-state index contributed by atoms with van der Waals surface area (Å²) in [6, 6.07) is 12.6. The van der Waals surface area contributed by atoms with Gasteiger partial charge in [-0.15, -0.1) is 0 Å². The quantitative estimate of drug-likeness (QED) is 0.487. The lowest BCUT2D eigenvalue weighted by atomic mass is 10.1. The van der Waals surface area contributed by atoms with Crippen molar-refractivity contribution in [3.63, 3.8) is 0 Å². The van der Waals surface area contributed by atoms with Crippen molar-refractivity contribution in [3.8, 4) is 5.75 Å². The van der Waals surface area contributed by atoms with Crippen molar-refractivity contribution in [2.45, 2.75) is 20.3 Å². The van der Waals surface area contributed by atoms with Gasteiger partial charge in [0.2, 0.25) is 5.76 Å². The fourth-order valence-corrected chi connectivity index (χ4v) is 2.73. The summed E-state index contributed by atoms with van der Waals surface area (Å²) in [6.07, 6.45) is 0.902. The highest BCUT2D eigenvalue weighted by Crippen LogP contribution is 2.29. The number of fused-ring (bicyclic) bond motifs is 1. The van der Waals surface area contributed by atoms with Gasteiger partial charge in [-0.1, -0.05) is 31.2 Å². The number of furan rings is 1. The summed E-state index contributed by atoms with van der Waals surface area (Å²) in [5.41, 5.74) is 2.88. The first-order chi connectivity index (χ1) is 12.5. The fourth-order valence-electron chi connectivity index (χ4n) is 2.73. The second-order valence-corrected chi connectivity index (χ2v) is 5.97. The molecule has 0 aliphatic heterocycles. The Morgan fingerprint density at radius 2 is 1.81 bits per heavy atom. The van der Waals surface area contributed by atoms with Gasteiger partial charge < -0.3 is 13.9 Å². The molecule has 0 aliphatic carbocycles. The number of Topliss-reactive ketones (excluding diaryl/α,β-unsaturated/α-hetero) is 1. The van der Waals surface area contributed by atoms with E-state index >= 15 is 0 Å². The van der Waals surface area contributed by atoms with Crippen LogP contribution in [0.15, 0.2) is 46.9 Å².